The normalized spacial score (nSPS) is 10.2. The molecule has 0 fully saturated rings. The van der Waals surface area contributed by atoms with E-state index in [9.17, 15) is 4.79 Å². The van der Waals surface area contributed by atoms with Crippen molar-refractivity contribution < 1.29 is 4.79 Å². The third kappa shape index (κ3) is 3.99. The minimum atomic E-state index is -0.165. The zero-order chi connectivity index (χ0) is 12.0. The Morgan fingerprint density at radius 3 is 2.81 bits per heavy atom. The van der Waals surface area contributed by atoms with Crippen molar-refractivity contribution in [3.8, 4) is 0 Å². The predicted octanol–water partition coefficient (Wildman–Crippen LogP) is 3.31. The molecule has 88 valence electrons. The van der Waals surface area contributed by atoms with E-state index < -0.39 is 0 Å². The van der Waals surface area contributed by atoms with Gasteiger partial charge in [0.15, 0.2) is 0 Å². The fourth-order valence-electron chi connectivity index (χ4n) is 1.22. The van der Waals surface area contributed by atoms with Crippen LogP contribution in [0.15, 0.2) is 12.3 Å². The fraction of sp³-hybridized carbons (Fsp3) is 0.455. The Kier molecular flexibility index (Phi) is 5.56. The molecule has 1 rings (SSSR count). The SMILES string of the molecule is CCCCCNC(=O)c1cnc(Cl)c(Cl)c1. The number of hydrogen-bond acceptors (Lipinski definition) is 2. The zero-order valence-corrected chi connectivity index (χ0v) is 10.6. The molecule has 5 heteroatoms. The van der Waals surface area contributed by atoms with Gasteiger partial charge in [0.2, 0.25) is 0 Å². The lowest BCUT2D eigenvalue weighted by Gasteiger charge is -2.04. The molecule has 0 saturated carbocycles. The zero-order valence-electron chi connectivity index (χ0n) is 9.09. The summed E-state index contributed by atoms with van der Waals surface area (Å²) in [6.07, 6.45) is 4.64. The molecule has 0 spiro atoms. The average Bonchev–Trinajstić information content (AvgIpc) is 2.28. The quantitative estimate of drug-likeness (QED) is 0.652. The molecule has 16 heavy (non-hydrogen) atoms. The third-order valence-corrected chi connectivity index (χ3v) is 2.81. The van der Waals surface area contributed by atoms with Crippen LogP contribution in [0.4, 0.5) is 0 Å². The van der Waals surface area contributed by atoms with Gasteiger partial charge in [-0.15, -0.1) is 0 Å². The summed E-state index contributed by atoms with van der Waals surface area (Å²) in [6, 6.07) is 1.52. The Bertz CT molecular complexity index is 369. The number of unbranched alkanes of at least 4 members (excludes halogenated alkanes) is 2. The van der Waals surface area contributed by atoms with Crippen LogP contribution in [-0.2, 0) is 0 Å². The Balaban J connectivity index is 2.50. The number of rotatable bonds is 5. The summed E-state index contributed by atoms with van der Waals surface area (Å²) in [6.45, 7) is 2.79. The lowest BCUT2D eigenvalue weighted by molar-refractivity contribution is 0.0952. The van der Waals surface area contributed by atoms with Crippen LogP contribution in [-0.4, -0.2) is 17.4 Å². The summed E-state index contributed by atoms with van der Waals surface area (Å²) in [5.74, 6) is -0.165. The van der Waals surface area contributed by atoms with E-state index in [-0.39, 0.29) is 11.1 Å². The molecule has 0 bridgehead atoms. The van der Waals surface area contributed by atoms with E-state index in [2.05, 4.69) is 17.2 Å². The molecule has 0 aliphatic carbocycles. The summed E-state index contributed by atoms with van der Waals surface area (Å²) in [7, 11) is 0. The monoisotopic (exact) mass is 260 g/mol. The Morgan fingerprint density at radius 2 is 2.19 bits per heavy atom. The van der Waals surface area contributed by atoms with Gasteiger partial charge in [-0.05, 0) is 12.5 Å². The predicted molar refractivity (Wildman–Crippen MR) is 66.1 cm³/mol. The summed E-state index contributed by atoms with van der Waals surface area (Å²) in [4.78, 5) is 15.4. The van der Waals surface area contributed by atoms with Gasteiger partial charge in [0.25, 0.3) is 5.91 Å². The van der Waals surface area contributed by atoms with Crippen LogP contribution in [0.1, 0.15) is 36.5 Å². The number of carbonyl (C=O) groups is 1. The molecule has 3 nitrogen and oxygen atoms in total. The van der Waals surface area contributed by atoms with Crippen molar-refractivity contribution in [3.05, 3.63) is 28.0 Å². The lowest BCUT2D eigenvalue weighted by Crippen LogP contribution is -2.24. The molecule has 0 aliphatic rings. The highest BCUT2D eigenvalue weighted by Gasteiger charge is 2.07. The molecule has 0 atom stereocenters. The summed E-state index contributed by atoms with van der Waals surface area (Å²) >= 11 is 11.4. The Labute approximate surface area is 105 Å². The van der Waals surface area contributed by atoms with E-state index in [1.54, 1.807) is 0 Å². The van der Waals surface area contributed by atoms with Crippen LogP contribution < -0.4 is 5.32 Å². The van der Waals surface area contributed by atoms with Crippen LogP contribution in [0.3, 0.4) is 0 Å². The molecule has 1 amide bonds. The second-order valence-corrected chi connectivity index (χ2v) is 4.22. The molecule has 1 aromatic heterocycles. The van der Waals surface area contributed by atoms with Crippen molar-refractivity contribution >= 4 is 29.1 Å². The highest BCUT2D eigenvalue weighted by molar-refractivity contribution is 6.41. The van der Waals surface area contributed by atoms with E-state index in [1.165, 1.54) is 12.3 Å². The maximum atomic E-state index is 11.6. The highest BCUT2D eigenvalue weighted by Crippen LogP contribution is 2.19. The van der Waals surface area contributed by atoms with Gasteiger partial charge >= 0.3 is 0 Å². The first-order valence-electron chi connectivity index (χ1n) is 5.24. The Hall–Kier alpha value is -0.800. The number of nitrogens with one attached hydrogen (secondary N) is 1. The van der Waals surface area contributed by atoms with Crippen LogP contribution in [0.2, 0.25) is 10.2 Å². The molecule has 1 N–H and O–H groups in total. The molecule has 1 heterocycles. The smallest absolute Gasteiger partial charge is 0.252 e. The van der Waals surface area contributed by atoms with Crippen LogP contribution in [0.25, 0.3) is 0 Å². The first kappa shape index (κ1) is 13.3. The maximum absolute atomic E-state index is 11.6. The molecule has 0 saturated heterocycles. The second-order valence-electron chi connectivity index (χ2n) is 3.46. The van der Waals surface area contributed by atoms with Crippen molar-refractivity contribution in [3.63, 3.8) is 0 Å². The number of hydrogen-bond donors (Lipinski definition) is 1. The number of aromatic nitrogens is 1. The number of halogens is 2. The fourth-order valence-corrected chi connectivity index (χ4v) is 1.49. The maximum Gasteiger partial charge on any atom is 0.252 e. The van der Waals surface area contributed by atoms with Gasteiger partial charge < -0.3 is 5.32 Å². The molecule has 0 aromatic carbocycles. The average molecular weight is 261 g/mol. The summed E-state index contributed by atoms with van der Waals surface area (Å²) in [5.41, 5.74) is 0.436. The van der Waals surface area contributed by atoms with Gasteiger partial charge in [-0.2, -0.15) is 0 Å². The molecular weight excluding hydrogens is 247 g/mol. The molecular formula is C11H14Cl2N2O. The minimum absolute atomic E-state index is 0.165. The number of pyridine rings is 1. The molecule has 1 aromatic rings. The molecule has 0 radical (unpaired) electrons. The van der Waals surface area contributed by atoms with Crippen molar-refractivity contribution in [1.29, 1.82) is 0 Å². The van der Waals surface area contributed by atoms with E-state index in [0.29, 0.717) is 17.1 Å². The van der Waals surface area contributed by atoms with E-state index in [0.717, 1.165) is 19.3 Å². The van der Waals surface area contributed by atoms with Crippen molar-refractivity contribution in [2.45, 2.75) is 26.2 Å². The standard InChI is InChI=1S/C11H14Cl2N2O/c1-2-3-4-5-14-11(16)8-6-9(12)10(13)15-7-8/h6-7H,2-5H2,1H3,(H,14,16). The lowest BCUT2D eigenvalue weighted by atomic mass is 10.2. The van der Waals surface area contributed by atoms with E-state index in [1.807, 2.05) is 0 Å². The van der Waals surface area contributed by atoms with Crippen molar-refractivity contribution in [2.75, 3.05) is 6.54 Å². The number of amides is 1. The van der Waals surface area contributed by atoms with Gasteiger partial charge in [0.1, 0.15) is 5.15 Å². The van der Waals surface area contributed by atoms with Crippen molar-refractivity contribution in [1.82, 2.24) is 10.3 Å². The largest absolute Gasteiger partial charge is 0.352 e. The van der Waals surface area contributed by atoms with Gasteiger partial charge in [0.05, 0.1) is 10.6 Å². The highest BCUT2D eigenvalue weighted by atomic mass is 35.5. The van der Waals surface area contributed by atoms with Gasteiger partial charge in [-0.3, -0.25) is 4.79 Å². The minimum Gasteiger partial charge on any atom is -0.352 e. The van der Waals surface area contributed by atoms with Crippen LogP contribution in [0, 0.1) is 0 Å². The number of carbonyl (C=O) groups excluding carboxylic acids is 1. The van der Waals surface area contributed by atoms with E-state index >= 15 is 0 Å². The second kappa shape index (κ2) is 6.71. The number of nitrogens with zero attached hydrogens (tertiary/aromatic N) is 1. The summed E-state index contributed by atoms with van der Waals surface area (Å²) in [5, 5.41) is 3.31. The van der Waals surface area contributed by atoms with Crippen LogP contribution in [0.5, 0.6) is 0 Å². The molecule has 0 unspecified atom stereocenters. The Morgan fingerprint density at radius 1 is 1.44 bits per heavy atom. The van der Waals surface area contributed by atoms with Gasteiger partial charge in [0, 0.05) is 12.7 Å². The molecule has 0 aliphatic heterocycles. The van der Waals surface area contributed by atoms with Gasteiger partial charge in [-0.25, -0.2) is 4.98 Å². The first-order chi connectivity index (χ1) is 7.65. The van der Waals surface area contributed by atoms with Crippen molar-refractivity contribution in [2.24, 2.45) is 0 Å². The van der Waals surface area contributed by atoms with E-state index in [4.69, 9.17) is 23.2 Å². The third-order valence-electron chi connectivity index (χ3n) is 2.12. The van der Waals surface area contributed by atoms with Gasteiger partial charge in [-0.1, -0.05) is 43.0 Å². The topological polar surface area (TPSA) is 42.0 Å². The van der Waals surface area contributed by atoms with Crippen LogP contribution >= 0.6 is 23.2 Å². The first-order valence-corrected chi connectivity index (χ1v) is 6.00. The summed E-state index contributed by atoms with van der Waals surface area (Å²) < 4.78 is 0.